The Morgan fingerprint density at radius 1 is 1.48 bits per heavy atom. The highest BCUT2D eigenvalue weighted by molar-refractivity contribution is 6.04. The summed E-state index contributed by atoms with van der Waals surface area (Å²) in [4.78, 5) is 17.1. The minimum absolute atomic E-state index is 0.0349. The zero-order chi connectivity index (χ0) is 21.1. The van der Waals surface area contributed by atoms with Gasteiger partial charge in [0.25, 0.3) is 5.91 Å². The molecule has 150 valence electrons. The summed E-state index contributed by atoms with van der Waals surface area (Å²) in [5, 5.41) is 19.2. The lowest BCUT2D eigenvalue weighted by atomic mass is 10.1. The van der Waals surface area contributed by atoms with E-state index in [1.165, 1.54) is 22.9 Å². The molecule has 0 spiro atoms. The zero-order valence-corrected chi connectivity index (χ0v) is 16.0. The van der Waals surface area contributed by atoms with Crippen molar-refractivity contribution in [1.29, 1.82) is 5.26 Å². The van der Waals surface area contributed by atoms with Crippen molar-refractivity contribution in [3.8, 4) is 11.8 Å². The van der Waals surface area contributed by atoms with Crippen LogP contribution in [0.1, 0.15) is 28.4 Å². The van der Waals surface area contributed by atoms with Gasteiger partial charge in [0, 0.05) is 19.2 Å². The summed E-state index contributed by atoms with van der Waals surface area (Å²) in [6.07, 6.45) is 0.968. The van der Waals surface area contributed by atoms with Crippen molar-refractivity contribution < 1.29 is 13.9 Å². The molecule has 0 aliphatic carbocycles. The molecule has 2 aromatic rings. The molecule has 1 amide bonds. The molecule has 0 unspecified atom stereocenters. The number of aliphatic imine (C=N–C) groups is 1. The van der Waals surface area contributed by atoms with E-state index in [0.29, 0.717) is 11.3 Å². The van der Waals surface area contributed by atoms with Crippen LogP contribution in [0, 0.1) is 17.1 Å². The molecule has 1 aliphatic rings. The number of hydrogen-bond donors (Lipinski definition) is 3. The number of carbonyl (C=O) groups is 1. The monoisotopic (exact) mass is 397 g/mol. The number of benzene rings is 1. The number of nitrogen functional groups attached to an aromatic ring is 1. The molecular formula is C19H20FN7O2. The van der Waals surface area contributed by atoms with Crippen LogP contribution in [-0.2, 0) is 13.6 Å². The van der Waals surface area contributed by atoms with Crippen LogP contribution in [0.25, 0.3) is 0 Å². The summed E-state index contributed by atoms with van der Waals surface area (Å²) in [7, 11) is 1.61. The topological polar surface area (TPSA) is 130 Å². The van der Waals surface area contributed by atoms with E-state index in [4.69, 9.17) is 10.5 Å². The van der Waals surface area contributed by atoms with E-state index in [-0.39, 0.29) is 41.7 Å². The van der Waals surface area contributed by atoms with Crippen molar-refractivity contribution in [2.24, 2.45) is 12.0 Å². The number of amides is 1. The standard InChI is InChI=1S/C19H20FN7O2/c1-4-15-23-9-12-11(7-21)13(20)5-6-14(12)29-10(2)8-24-19(28)16-17(22)26-27(3)18(16)25-15/h4-6,10H,1,8-9H2,2-3H3,(H2,22,26)(H,23,25)(H,24,28)/t10-/m0/s1. The van der Waals surface area contributed by atoms with Crippen LogP contribution < -0.4 is 21.1 Å². The van der Waals surface area contributed by atoms with Gasteiger partial charge in [0.15, 0.2) is 11.6 Å². The van der Waals surface area contributed by atoms with Gasteiger partial charge in [-0.2, -0.15) is 10.4 Å². The summed E-state index contributed by atoms with van der Waals surface area (Å²) in [6.45, 7) is 5.65. The van der Waals surface area contributed by atoms with Crippen molar-refractivity contribution in [1.82, 2.24) is 20.4 Å². The van der Waals surface area contributed by atoms with Crippen LogP contribution in [0.3, 0.4) is 0 Å². The highest BCUT2D eigenvalue weighted by Gasteiger charge is 2.23. The average Bonchev–Trinajstić information content (AvgIpc) is 2.97. The van der Waals surface area contributed by atoms with E-state index >= 15 is 0 Å². The van der Waals surface area contributed by atoms with E-state index in [9.17, 15) is 14.4 Å². The van der Waals surface area contributed by atoms with E-state index in [1.54, 1.807) is 14.0 Å². The van der Waals surface area contributed by atoms with E-state index in [1.807, 2.05) is 6.07 Å². The minimum Gasteiger partial charge on any atom is -0.488 e. The van der Waals surface area contributed by atoms with Crippen molar-refractivity contribution in [3.63, 3.8) is 0 Å². The maximum absolute atomic E-state index is 14.1. The number of nitrogens with one attached hydrogen (secondary N) is 2. The number of hydrogen-bond acceptors (Lipinski definition) is 7. The third kappa shape index (κ3) is 3.89. The molecule has 10 heteroatoms. The summed E-state index contributed by atoms with van der Waals surface area (Å²) < 4.78 is 21.4. The Kier molecular flexibility index (Phi) is 5.50. The third-order valence-electron chi connectivity index (χ3n) is 4.35. The Balaban J connectivity index is 2.13. The fraction of sp³-hybridized carbons (Fsp3) is 0.263. The number of rotatable bonds is 1. The maximum atomic E-state index is 14.1. The number of aromatic nitrogens is 2. The Bertz CT molecular complexity index is 1050. The van der Waals surface area contributed by atoms with Gasteiger partial charge in [-0.05, 0) is 25.1 Å². The quantitative estimate of drug-likeness (QED) is 0.669. The Labute approximate surface area is 166 Å². The lowest BCUT2D eigenvalue weighted by molar-refractivity contribution is 0.0933. The molecule has 1 aliphatic heterocycles. The summed E-state index contributed by atoms with van der Waals surface area (Å²) in [5.41, 5.74) is 6.23. The highest BCUT2D eigenvalue weighted by Crippen LogP contribution is 2.27. The normalized spacial score (nSPS) is 18.6. The van der Waals surface area contributed by atoms with Gasteiger partial charge in [0.05, 0.1) is 12.1 Å². The average molecular weight is 397 g/mol. The second kappa shape index (κ2) is 8.02. The van der Waals surface area contributed by atoms with Gasteiger partial charge in [0.1, 0.15) is 35.1 Å². The molecule has 1 aromatic heterocycles. The molecule has 0 fully saturated rings. The molecule has 0 saturated carbocycles. The van der Waals surface area contributed by atoms with Crippen LogP contribution in [-0.4, -0.2) is 34.2 Å². The predicted octanol–water partition coefficient (Wildman–Crippen LogP) is 1.53. The predicted molar refractivity (Wildman–Crippen MR) is 105 cm³/mol. The maximum Gasteiger partial charge on any atom is 0.259 e. The molecule has 2 heterocycles. The van der Waals surface area contributed by atoms with Crippen LogP contribution >= 0.6 is 0 Å². The van der Waals surface area contributed by atoms with Gasteiger partial charge >= 0.3 is 0 Å². The van der Waals surface area contributed by atoms with Crippen LogP contribution in [0.4, 0.5) is 16.0 Å². The second-order valence-electron chi connectivity index (χ2n) is 6.41. The Morgan fingerprint density at radius 2 is 2.24 bits per heavy atom. The van der Waals surface area contributed by atoms with Crippen LogP contribution in [0.15, 0.2) is 29.8 Å². The number of halogens is 1. The molecule has 0 bridgehead atoms. The first kappa shape index (κ1) is 19.9. The molecule has 3 rings (SSSR count). The van der Waals surface area contributed by atoms with Crippen LogP contribution in [0.5, 0.6) is 5.75 Å². The first-order chi connectivity index (χ1) is 13.8. The highest BCUT2D eigenvalue weighted by atomic mass is 19.1. The SMILES string of the molecule is C=C/C1=N\c2c(c(N)nn2C)C(=O)NC[C@H](C)Oc2ccc(F)c(C#N)c2CN1. The number of ether oxygens (including phenoxy) is 1. The summed E-state index contributed by atoms with van der Waals surface area (Å²) >= 11 is 0. The number of fused-ring (bicyclic) bond motifs is 2. The zero-order valence-electron chi connectivity index (χ0n) is 16.0. The van der Waals surface area contributed by atoms with Crippen molar-refractivity contribution in [2.45, 2.75) is 19.6 Å². The van der Waals surface area contributed by atoms with Gasteiger partial charge in [-0.15, -0.1) is 0 Å². The fourth-order valence-electron chi connectivity index (χ4n) is 2.92. The molecule has 9 nitrogen and oxygen atoms in total. The van der Waals surface area contributed by atoms with Gasteiger partial charge in [0.2, 0.25) is 0 Å². The summed E-state index contributed by atoms with van der Waals surface area (Å²) in [6, 6.07) is 4.49. The third-order valence-corrected chi connectivity index (χ3v) is 4.35. The van der Waals surface area contributed by atoms with E-state index in [0.717, 1.165) is 0 Å². The first-order valence-electron chi connectivity index (χ1n) is 8.79. The molecule has 29 heavy (non-hydrogen) atoms. The molecule has 1 aromatic carbocycles. The van der Waals surface area contributed by atoms with E-state index < -0.39 is 17.8 Å². The minimum atomic E-state index is -0.652. The number of amidine groups is 1. The van der Waals surface area contributed by atoms with Crippen LogP contribution in [0.2, 0.25) is 0 Å². The molecule has 0 radical (unpaired) electrons. The molecular weight excluding hydrogens is 377 g/mol. The molecule has 1 atom stereocenters. The van der Waals surface area contributed by atoms with Crippen molar-refractivity contribution in [2.75, 3.05) is 12.3 Å². The number of nitrogens with two attached hydrogens (primary N) is 1. The smallest absolute Gasteiger partial charge is 0.259 e. The molecule has 4 N–H and O–H groups in total. The van der Waals surface area contributed by atoms with Gasteiger partial charge < -0.3 is 21.1 Å². The number of anilines is 1. The number of aryl methyl sites for hydroxylation is 1. The van der Waals surface area contributed by atoms with Crippen molar-refractivity contribution >= 4 is 23.4 Å². The number of nitrogens with zero attached hydrogens (tertiary/aromatic N) is 4. The van der Waals surface area contributed by atoms with Gasteiger partial charge in [-0.25, -0.2) is 14.1 Å². The van der Waals surface area contributed by atoms with Gasteiger partial charge in [-0.1, -0.05) is 6.58 Å². The van der Waals surface area contributed by atoms with E-state index in [2.05, 4.69) is 27.3 Å². The number of nitriles is 1. The van der Waals surface area contributed by atoms with Crippen molar-refractivity contribution in [3.05, 3.63) is 47.3 Å². The Morgan fingerprint density at radius 3 is 2.93 bits per heavy atom. The lowest BCUT2D eigenvalue weighted by Crippen LogP contribution is -2.34. The fourth-order valence-corrected chi connectivity index (χ4v) is 2.92. The summed E-state index contributed by atoms with van der Waals surface area (Å²) in [5.74, 6) is -0.222. The lowest BCUT2D eigenvalue weighted by Gasteiger charge is -2.19. The Hall–Kier alpha value is -3.87. The second-order valence-corrected chi connectivity index (χ2v) is 6.41. The van der Waals surface area contributed by atoms with Gasteiger partial charge in [-0.3, -0.25) is 4.79 Å². The first-order valence-corrected chi connectivity index (χ1v) is 8.79. The molecule has 0 saturated heterocycles. The largest absolute Gasteiger partial charge is 0.488 e. The number of carbonyl (C=O) groups excluding carboxylic acids is 1.